The van der Waals surface area contributed by atoms with Crippen LogP contribution in [0.15, 0.2) is 0 Å². The molecule has 0 aromatic heterocycles. The maximum absolute atomic E-state index is 13.1. The van der Waals surface area contributed by atoms with Crippen LogP contribution in [0.4, 0.5) is 4.39 Å². The van der Waals surface area contributed by atoms with Gasteiger partial charge in [-0.25, -0.2) is 4.39 Å². The van der Waals surface area contributed by atoms with Crippen LogP contribution in [0.5, 0.6) is 0 Å². The third-order valence-electron chi connectivity index (χ3n) is 3.23. The molecule has 0 N–H and O–H groups in total. The van der Waals surface area contributed by atoms with Gasteiger partial charge in [-0.15, -0.1) is 0 Å². The molecule has 2 saturated heterocycles. The van der Waals surface area contributed by atoms with Gasteiger partial charge < -0.3 is 4.74 Å². The zero-order chi connectivity index (χ0) is 8.77. The van der Waals surface area contributed by atoms with Crippen molar-refractivity contribution in [2.45, 2.75) is 37.5 Å². The predicted molar refractivity (Wildman–Crippen MR) is 44.9 cm³/mol. The van der Waals surface area contributed by atoms with Crippen molar-refractivity contribution in [2.75, 3.05) is 20.3 Å². The Balaban J connectivity index is 2.06. The lowest BCUT2D eigenvalue weighted by molar-refractivity contribution is -0.0741. The first kappa shape index (κ1) is 8.45. The van der Waals surface area contributed by atoms with Crippen molar-refractivity contribution in [1.29, 1.82) is 0 Å². The molecule has 70 valence electrons. The summed E-state index contributed by atoms with van der Waals surface area (Å²) < 4.78 is 18.2. The highest BCUT2D eigenvalue weighted by Gasteiger charge is 2.55. The summed E-state index contributed by atoms with van der Waals surface area (Å²) in [6.07, 6.45) is 1.14. The van der Waals surface area contributed by atoms with Crippen molar-refractivity contribution < 1.29 is 9.13 Å². The maximum Gasteiger partial charge on any atom is 0.115 e. The van der Waals surface area contributed by atoms with Gasteiger partial charge in [0, 0.05) is 31.7 Å². The summed E-state index contributed by atoms with van der Waals surface area (Å²) in [6.45, 7) is 3.47. The van der Waals surface area contributed by atoms with Crippen LogP contribution in [0.3, 0.4) is 0 Å². The van der Waals surface area contributed by atoms with Gasteiger partial charge in [0.2, 0.25) is 0 Å². The van der Waals surface area contributed by atoms with E-state index in [2.05, 4.69) is 11.8 Å². The molecular weight excluding hydrogens is 157 g/mol. The van der Waals surface area contributed by atoms with Crippen molar-refractivity contribution in [3.05, 3.63) is 0 Å². The second-order valence-electron chi connectivity index (χ2n) is 4.16. The normalized spacial score (nSPS) is 47.2. The summed E-state index contributed by atoms with van der Waals surface area (Å²) in [6, 6.07) is 0.556. The molecule has 0 saturated carbocycles. The molecule has 2 fully saturated rings. The summed E-state index contributed by atoms with van der Waals surface area (Å²) in [7, 11) is 1.70. The van der Waals surface area contributed by atoms with E-state index in [4.69, 9.17) is 4.74 Å². The van der Waals surface area contributed by atoms with E-state index < -0.39 is 6.17 Å². The molecule has 2 nitrogen and oxygen atoms in total. The molecular formula is C9H16FNO. The van der Waals surface area contributed by atoms with Gasteiger partial charge in [-0.3, -0.25) is 4.90 Å². The minimum absolute atomic E-state index is 0.0631. The lowest BCUT2D eigenvalue weighted by atomic mass is 9.80. The van der Waals surface area contributed by atoms with Gasteiger partial charge in [-0.1, -0.05) is 0 Å². The topological polar surface area (TPSA) is 12.5 Å². The fraction of sp³-hybridized carbons (Fsp3) is 1.00. The number of alkyl halides is 1. The van der Waals surface area contributed by atoms with Gasteiger partial charge in [0.05, 0.1) is 6.61 Å². The predicted octanol–water partition coefficient (Wildman–Crippen LogP) is 1.21. The van der Waals surface area contributed by atoms with Crippen LogP contribution in [-0.2, 0) is 4.74 Å². The van der Waals surface area contributed by atoms with Crippen LogP contribution >= 0.6 is 0 Å². The Morgan fingerprint density at radius 3 is 2.92 bits per heavy atom. The zero-order valence-electron chi connectivity index (χ0n) is 7.72. The van der Waals surface area contributed by atoms with Crippen LogP contribution in [0, 0.1) is 0 Å². The molecule has 0 aromatic rings. The Morgan fingerprint density at radius 1 is 1.58 bits per heavy atom. The summed E-state index contributed by atoms with van der Waals surface area (Å²) in [5.41, 5.74) is 0.0631. The van der Waals surface area contributed by atoms with Gasteiger partial charge in [-0.2, -0.15) is 0 Å². The van der Waals surface area contributed by atoms with Crippen LogP contribution in [0.2, 0.25) is 0 Å². The summed E-state index contributed by atoms with van der Waals surface area (Å²) in [4.78, 5) is 2.25. The van der Waals surface area contributed by atoms with E-state index in [1.54, 1.807) is 7.11 Å². The standard InChI is InChI=1S/C9H16FNO/c1-7-3-9(6-12-2)4-8(10)5-11(7)9/h7-8H,3-6H2,1-2H3/t7-,8-,9-/m1/s1. The van der Waals surface area contributed by atoms with Crippen LogP contribution in [0.25, 0.3) is 0 Å². The number of ether oxygens (including phenoxy) is 1. The summed E-state index contributed by atoms with van der Waals surface area (Å²) >= 11 is 0. The van der Waals surface area contributed by atoms with Crippen molar-refractivity contribution in [2.24, 2.45) is 0 Å². The highest BCUT2D eigenvalue weighted by atomic mass is 19.1. The van der Waals surface area contributed by atoms with E-state index in [0.717, 1.165) is 6.42 Å². The van der Waals surface area contributed by atoms with Gasteiger partial charge in [0.1, 0.15) is 6.17 Å². The molecule has 3 atom stereocenters. The zero-order valence-corrected chi connectivity index (χ0v) is 7.72. The Kier molecular flexibility index (Phi) is 1.88. The van der Waals surface area contributed by atoms with Crippen LogP contribution in [-0.4, -0.2) is 42.9 Å². The number of hydrogen-bond donors (Lipinski definition) is 0. The van der Waals surface area contributed by atoms with Gasteiger partial charge >= 0.3 is 0 Å². The molecule has 0 amide bonds. The number of methoxy groups -OCH3 is 1. The first-order chi connectivity index (χ1) is 5.68. The molecule has 0 aromatic carbocycles. The quantitative estimate of drug-likeness (QED) is 0.622. The lowest BCUT2D eigenvalue weighted by Gasteiger charge is -2.52. The second kappa shape index (κ2) is 2.67. The molecule has 3 heteroatoms. The van der Waals surface area contributed by atoms with E-state index in [9.17, 15) is 4.39 Å². The molecule has 0 unspecified atom stereocenters. The SMILES string of the molecule is COC[C@@]12C[C@@H](F)CN1[C@H](C)C2. The van der Waals surface area contributed by atoms with Crippen molar-refractivity contribution >= 4 is 0 Å². The first-order valence-electron chi connectivity index (χ1n) is 4.58. The highest BCUT2D eigenvalue weighted by Crippen LogP contribution is 2.45. The Bertz CT molecular complexity index is 183. The average Bonchev–Trinajstić information content (AvgIpc) is 2.24. The van der Waals surface area contributed by atoms with E-state index in [1.807, 2.05) is 0 Å². The van der Waals surface area contributed by atoms with Crippen LogP contribution < -0.4 is 0 Å². The van der Waals surface area contributed by atoms with Gasteiger partial charge in [0.15, 0.2) is 0 Å². The average molecular weight is 173 g/mol. The Hall–Kier alpha value is -0.150. The van der Waals surface area contributed by atoms with Crippen LogP contribution in [0.1, 0.15) is 19.8 Å². The fourth-order valence-electron chi connectivity index (χ4n) is 2.87. The van der Waals surface area contributed by atoms with E-state index in [0.29, 0.717) is 25.6 Å². The fourth-order valence-corrected chi connectivity index (χ4v) is 2.87. The monoisotopic (exact) mass is 173 g/mol. The molecule has 2 aliphatic heterocycles. The smallest absolute Gasteiger partial charge is 0.115 e. The molecule has 0 bridgehead atoms. The Labute approximate surface area is 72.7 Å². The number of hydrogen-bond acceptors (Lipinski definition) is 2. The molecule has 0 radical (unpaired) electrons. The van der Waals surface area contributed by atoms with Gasteiger partial charge in [0.25, 0.3) is 0 Å². The second-order valence-corrected chi connectivity index (χ2v) is 4.16. The Morgan fingerprint density at radius 2 is 2.33 bits per heavy atom. The van der Waals surface area contributed by atoms with Gasteiger partial charge in [-0.05, 0) is 13.3 Å². The molecule has 2 rings (SSSR count). The highest BCUT2D eigenvalue weighted by molar-refractivity contribution is 5.10. The van der Waals surface area contributed by atoms with E-state index in [1.165, 1.54) is 0 Å². The third kappa shape index (κ3) is 0.995. The number of nitrogens with zero attached hydrogens (tertiary/aromatic N) is 1. The number of halogens is 1. The maximum atomic E-state index is 13.1. The van der Waals surface area contributed by atoms with Crippen molar-refractivity contribution in [3.8, 4) is 0 Å². The third-order valence-corrected chi connectivity index (χ3v) is 3.23. The number of fused-ring (bicyclic) bond motifs is 1. The number of rotatable bonds is 2. The summed E-state index contributed by atoms with van der Waals surface area (Å²) in [5, 5.41) is 0. The molecule has 12 heavy (non-hydrogen) atoms. The molecule has 0 spiro atoms. The minimum Gasteiger partial charge on any atom is -0.383 e. The van der Waals surface area contributed by atoms with Crippen molar-refractivity contribution in [3.63, 3.8) is 0 Å². The molecule has 2 aliphatic rings. The van der Waals surface area contributed by atoms with Crippen molar-refractivity contribution in [1.82, 2.24) is 4.90 Å². The minimum atomic E-state index is -0.634. The summed E-state index contributed by atoms with van der Waals surface area (Å²) in [5.74, 6) is 0. The largest absolute Gasteiger partial charge is 0.383 e. The van der Waals surface area contributed by atoms with E-state index >= 15 is 0 Å². The molecule has 0 aliphatic carbocycles. The first-order valence-corrected chi connectivity index (χ1v) is 4.58. The lowest BCUT2D eigenvalue weighted by Crippen LogP contribution is -2.63. The van der Waals surface area contributed by atoms with E-state index in [-0.39, 0.29) is 5.54 Å². The molecule has 2 heterocycles.